The van der Waals surface area contributed by atoms with E-state index in [4.69, 9.17) is 16.0 Å². The highest BCUT2D eigenvalue weighted by molar-refractivity contribution is 6.32. The molecule has 2 aliphatic heterocycles. The first-order valence-electron chi connectivity index (χ1n) is 17.6. The van der Waals surface area contributed by atoms with Crippen LogP contribution in [0.5, 0.6) is 5.75 Å². The second-order valence-corrected chi connectivity index (χ2v) is 15.2. The van der Waals surface area contributed by atoms with Gasteiger partial charge in [0, 0.05) is 11.5 Å². The minimum absolute atomic E-state index is 0.131. The third kappa shape index (κ3) is 4.70. The molecule has 3 heterocycles. The quantitative estimate of drug-likeness (QED) is 0.147. The Kier molecular flexibility index (Phi) is 7.34. The molecule has 53 heavy (non-hydrogen) atoms. The number of hydrogen-bond donors (Lipinski definition) is 1. The maximum Gasteiger partial charge on any atom is 0.241 e. The van der Waals surface area contributed by atoms with Crippen LogP contribution in [0.3, 0.4) is 0 Å². The molecule has 5 aromatic rings. The number of fused-ring (bicyclic) bond motifs is 5. The zero-order valence-corrected chi connectivity index (χ0v) is 29.7. The SMILES string of the molecule is Cc1cc(C2C3=CCC4C(=O)N(c5ccc(-c6nc7ccccc7o6)cc5)C(=O)C4C3CC3C(=O)N(c4ccc(F)c(Cl)c4)C(=O)C32C)cc(C)c1O. The molecule has 0 radical (unpaired) electrons. The fraction of sp³-hybridized carbons (Fsp3) is 0.262. The number of aryl methyl sites for hydroxylation is 2. The molecule has 2 saturated heterocycles. The van der Waals surface area contributed by atoms with Gasteiger partial charge in [0.1, 0.15) is 17.1 Å². The van der Waals surface area contributed by atoms with Gasteiger partial charge in [0.25, 0.3) is 0 Å². The van der Waals surface area contributed by atoms with Crippen LogP contribution >= 0.6 is 11.6 Å². The highest BCUT2D eigenvalue weighted by Crippen LogP contribution is 2.64. The number of nitrogens with zero attached hydrogens (tertiary/aromatic N) is 3. The highest BCUT2D eigenvalue weighted by atomic mass is 35.5. The Morgan fingerprint density at radius 2 is 1.57 bits per heavy atom. The lowest BCUT2D eigenvalue weighted by molar-refractivity contribution is -0.131. The van der Waals surface area contributed by atoms with Gasteiger partial charge in [-0.25, -0.2) is 14.3 Å². The van der Waals surface area contributed by atoms with E-state index in [9.17, 15) is 28.7 Å². The molecule has 11 heteroatoms. The van der Waals surface area contributed by atoms with Gasteiger partial charge >= 0.3 is 0 Å². The first-order valence-corrected chi connectivity index (χ1v) is 17.9. The fourth-order valence-corrected chi connectivity index (χ4v) is 9.60. The van der Waals surface area contributed by atoms with Gasteiger partial charge in [-0.2, -0.15) is 0 Å². The molecule has 266 valence electrons. The van der Waals surface area contributed by atoms with E-state index in [0.29, 0.717) is 33.9 Å². The topological polar surface area (TPSA) is 121 Å². The van der Waals surface area contributed by atoms with E-state index < -0.39 is 52.6 Å². The summed E-state index contributed by atoms with van der Waals surface area (Å²) in [6.45, 7) is 5.33. The molecule has 1 N–H and O–H groups in total. The summed E-state index contributed by atoms with van der Waals surface area (Å²) in [6, 6.07) is 21.8. The largest absolute Gasteiger partial charge is 0.507 e. The number of amides is 4. The number of phenolic OH excluding ortho intramolecular Hbond substituents is 1. The number of benzene rings is 4. The van der Waals surface area contributed by atoms with Gasteiger partial charge in [0.15, 0.2) is 5.58 Å². The van der Waals surface area contributed by atoms with Gasteiger partial charge in [0.2, 0.25) is 29.5 Å². The van der Waals surface area contributed by atoms with Crippen molar-refractivity contribution in [3.05, 3.63) is 118 Å². The summed E-state index contributed by atoms with van der Waals surface area (Å²) in [6.07, 6.45) is 2.43. The molecule has 0 spiro atoms. The van der Waals surface area contributed by atoms with Gasteiger partial charge in [-0.1, -0.05) is 47.5 Å². The summed E-state index contributed by atoms with van der Waals surface area (Å²) in [5.41, 5.74) is 4.10. The zero-order chi connectivity index (χ0) is 37.1. The Morgan fingerprint density at radius 3 is 2.26 bits per heavy atom. The van der Waals surface area contributed by atoms with Crippen molar-refractivity contribution in [3.63, 3.8) is 0 Å². The number of carbonyl (C=O) groups excluding carboxylic acids is 4. The number of oxazole rings is 1. The molecule has 6 atom stereocenters. The monoisotopic (exact) mass is 729 g/mol. The van der Waals surface area contributed by atoms with Crippen molar-refractivity contribution in [3.8, 4) is 17.2 Å². The number of para-hydroxylation sites is 2. The van der Waals surface area contributed by atoms with Gasteiger partial charge < -0.3 is 9.52 Å². The molecular weight excluding hydrogens is 697 g/mol. The normalized spacial score (nSPS) is 26.6. The van der Waals surface area contributed by atoms with E-state index in [0.717, 1.165) is 27.6 Å². The predicted octanol–water partition coefficient (Wildman–Crippen LogP) is 8.05. The second kappa shape index (κ2) is 11.7. The Balaban J connectivity index is 1.11. The van der Waals surface area contributed by atoms with E-state index in [1.165, 1.54) is 17.0 Å². The molecule has 3 fully saturated rings. The van der Waals surface area contributed by atoms with Crippen LogP contribution < -0.4 is 9.80 Å². The number of allylic oxidation sites excluding steroid dienone is 2. The molecule has 0 bridgehead atoms. The number of phenols is 1. The molecule has 2 aliphatic carbocycles. The zero-order valence-electron chi connectivity index (χ0n) is 29.0. The summed E-state index contributed by atoms with van der Waals surface area (Å²) < 4.78 is 20.1. The van der Waals surface area contributed by atoms with Gasteiger partial charge in [-0.05, 0) is 111 Å². The summed E-state index contributed by atoms with van der Waals surface area (Å²) in [4.78, 5) is 64.7. The highest BCUT2D eigenvalue weighted by Gasteiger charge is 2.67. The van der Waals surface area contributed by atoms with Crippen LogP contribution in [0.15, 0.2) is 94.9 Å². The van der Waals surface area contributed by atoms with Crippen LogP contribution in [0.2, 0.25) is 5.02 Å². The van der Waals surface area contributed by atoms with Crippen molar-refractivity contribution in [1.29, 1.82) is 0 Å². The van der Waals surface area contributed by atoms with E-state index >= 15 is 0 Å². The molecule has 4 aromatic carbocycles. The lowest BCUT2D eigenvalue weighted by Gasteiger charge is -2.49. The number of hydrogen-bond acceptors (Lipinski definition) is 7. The Labute approximate surface area is 308 Å². The minimum Gasteiger partial charge on any atom is -0.507 e. The van der Waals surface area contributed by atoms with Crippen molar-refractivity contribution in [2.45, 2.75) is 39.5 Å². The molecule has 4 aliphatic rings. The lowest BCUT2D eigenvalue weighted by Crippen LogP contribution is -2.49. The Bertz CT molecular complexity index is 2420. The Morgan fingerprint density at radius 1 is 0.868 bits per heavy atom. The van der Waals surface area contributed by atoms with Crippen molar-refractivity contribution >= 4 is 57.7 Å². The van der Waals surface area contributed by atoms with Crippen LogP contribution in [-0.2, 0) is 19.2 Å². The maximum absolute atomic E-state index is 14.7. The minimum atomic E-state index is -1.30. The van der Waals surface area contributed by atoms with Crippen molar-refractivity contribution in [1.82, 2.24) is 4.98 Å². The summed E-state index contributed by atoms with van der Waals surface area (Å²) in [7, 11) is 0. The second-order valence-electron chi connectivity index (χ2n) is 14.8. The average Bonchev–Trinajstić information content (AvgIpc) is 3.75. The van der Waals surface area contributed by atoms with Crippen molar-refractivity contribution in [2.24, 2.45) is 29.1 Å². The average molecular weight is 730 g/mol. The van der Waals surface area contributed by atoms with E-state index in [-0.39, 0.29) is 41.1 Å². The van der Waals surface area contributed by atoms with Gasteiger partial charge in [-0.3, -0.25) is 24.1 Å². The van der Waals surface area contributed by atoms with E-state index in [1.807, 2.05) is 42.5 Å². The molecule has 9 nitrogen and oxygen atoms in total. The fourth-order valence-electron chi connectivity index (χ4n) is 9.42. The van der Waals surface area contributed by atoms with Crippen LogP contribution in [0.25, 0.3) is 22.6 Å². The number of halogens is 2. The van der Waals surface area contributed by atoms with Crippen molar-refractivity contribution < 1.29 is 33.1 Å². The van der Waals surface area contributed by atoms with Crippen LogP contribution in [0.1, 0.15) is 42.4 Å². The number of aromatic hydroxyl groups is 1. The summed E-state index contributed by atoms with van der Waals surface area (Å²) >= 11 is 6.12. The van der Waals surface area contributed by atoms with Gasteiger partial charge in [0.05, 0.1) is 39.6 Å². The lowest BCUT2D eigenvalue weighted by atomic mass is 9.51. The standard InChI is InChI=1S/C42H33ClFN3O6/c1-20-16-23(17-21(2)36(20)48)35-26-13-14-27-34(28(26)19-29-39(50)47(41(52)42(29,35)3)25-12-15-31(44)30(43)18-25)40(51)46(38(27)49)24-10-8-22(9-11-24)37-45-32-6-4-5-7-33(32)53-37/h4-13,15-18,27-29,34-35,48H,14,19H2,1-3H3. The Hall–Kier alpha value is -5.61. The van der Waals surface area contributed by atoms with E-state index in [2.05, 4.69) is 4.98 Å². The predicted molar refractivity (Wildman–Crippen MR) is 196 cm³/mol. The van der Waals surface area contributed by atoms with Crippen LogP contribution in [0, 0.1) is 48.8 Å². The molecule has 4 amide bonds. The van der Waals surface area contributed by atoms with Gasteiger partial charge in [-0.15, -0.1) is 0 Å². The molecule has 1 aromatic heterocycles. The third-order valence-corrected chi connectivity index (χ3v) is 12.2. The summed E-state index contributed by atoms with van der Waals surface area (Å²) in [5, 5.41) is 10.5. The number of rotatable bonds is 4. The first kappa shape index (κ1) is 33.2. The van der Waals surface area contributed by atoms with Crippen LogP contribution in [-0.4, -0.2) is 33.7 Å². The molecule has 6 unspecified atom stereocenters. The number of aromatic nitrogens is 1. The number of anilines is 2. The first-order chi connectivity index (χ1) is 25.4. The van der Waals surface area contributed by atoms with Crippen molar-refractivity contribution in [2.75, 3.05) is 9.80 Å². The third-order valence-electron chi connectivity index (χ3n) is 11.9. The van der Waals surface area contributed by atoms with E-state index in [1.54, 1.807) is 45.0 Å². The molecule has 1 saturated carbocycles. The van der Waals surface area contributed by atoms with Crippen LogP contribution in [0.4, 0.5) is 15.8 Å². The maximum atomic E-state index is 14.7. The summed E-state index contributed by atoms with van der Waals surface area (Å²) in [5.74, 6) is -5.20. The number of imide groups is 2. The molecule has 9 rings (SSSR count). The molecular formula is C42H33ClFN3O6. The smallest absolute Gasteiger partial charge is 0.241 e. The number of carbonyl (C=O) groups is 4.